The zero-order valence-electron chi connectivity index (χ0n) is 18.2. The Hall–Kier alpha value is -2.48. The Morgan fingerprint density at radius 1 is 1.34 bits per heavy atom. The number of anilines is 1. The molecule has 2 aromatic heterocycles. The first-order valence-corrected chi connectivity index (χ1v) is 13.2. The molecule has 186 valence electrons. The maximum Gasteiger partial charge on any atom is 0.333 e. The molecule has 0 unspecified atom stereocenters. The van der Waals surface area contributed by atoms with E-state index >= 15 is 0 Å². The van der Waals surface area contributed by atoms with E-state index in [1.807, 2.05) is 6.07 Å². The molecule has 0 saturated heterocycles. The average Bonchev–Trinajstić information content (AvgIpc) is 3.33. The number of hydrogen-bond acceptors (Lipinski definition) is 9. The Kier molecular flexibility index (Phi) is 7.79. The van der Waals surface area contributed by atoms with Crippen LogP contribution in [0, 0.1) is 11.0 Å². The normalized spacial score (nSPS) is 20.2. The number of carbonyl (C=O) groups excluding carboxylic acids is 1. The second-order valence-corrected chi connectivity index (χ2v) is 10.9. The van der Waals surface area contributed by atoms with Crippen molar-refractivity contribution in [2.75, 3.05) is 11.9 Å². The predicted octanol–water partition coefficient (Wildman–Crippen LogP) is 2.92. The molecule has 1 aliphatic rings. The largest absolute Gasteiger partial charge is 0.393 e. The Morgan fingerprint density at radius 3 is 2.89 bits per heavy atom. The highest BCUT2D eigenvalue weighted by atomic mass is 35.5. The van der Waals surface area contributed by atoms with Gasteiger partial charge in [0, 0.05) is 35.2 Å². The standard InChI is InChI=1S/C22H22ClFN4O5S2/c23-15-3-1-2-12(5-15)4-13-7-19(34-21(13)24)20(30)17-9-26-11-27-22(17)28-16-6-14(18(29)8-16)10-33-35(25,31)32/h1-3,5,7,9,11,14,16,18,29H,4,6,8,10H2,(H2,25,31,32)(H,26,27,28)/t14-,16-,18+/m1/s1. The number of benzene rings is 1. The van der Waals surface area contributed by atoms with Gasteiger partial charge >= 0.3 is 10.3 Å². The molecule has 2 heterocycles. The van der Waals surface area contributed by atoms with Crippen LogP contribution in [-0.2, 0) is 20.9 Å². The van der Waals surface area contributed by atoms with Gasteiger partial charge in [-0.2, -0.15) is 12.8 Å². The first kappa shape index (κ1) is 25.6. The third-order valence-electron chi connectivity index (χ3n) is 5.67. The van der Waals surface area contributed by atoms with Crippen molar-refractivity contribution in [3.05, 3.63) is 74.6 Å². The maximum absolute atomic E-state index is 14.6. The lowest BCUT2D eigenvalue weighted by Gasteiger charge is -2.15. The molecule has 4 rings (SSSR count). The average molecular weight is 541 g/mol. The highest BCUT2D eigenvalue weighted by Gasteiger charge is 2.35. The van der Waals surface area contributed by atoms with Crippen LogP contribution in [0.4, 0.5) is 10.2 Å². The summed E-state index contributed by atoms with van der Waals surface area (Å²) >= 11 is 6.75. The molecule has 3 aromatic rings. The van der Waals surface area contributed by atoms with Crippen molar-refractivity contribution in [1.82, 2.24) is 9.97 Å². The van der Waals surface area contributed by atoms with E-state index in [1.54, 1.807) is 18.2 Å². The first-order valence-electron chi connectivity index (χ1n) is 10.6. The molecule has 4 N–H and O–H groups in total. The van der Waals surface area contributed by atoms with Crippen LogP contribution in [0.3, 0.4) is 0 Å². The number of hydrogen-bond donors (Lipinski definition) is 3. The molecule has 3 atom stereocenters. The van der Waals surface area contributed by atoms with E-state index in [1.165, 1.54) is 18.6 Å². The first-order chi connectivity index (χ1) is 16.6. The van der Waals surface area contributed by atoms with Crippen LogP contribution in [0.25, 0.3) is 0 Å². The fourth-order valence-corrected chi connectivity index (χ4v) is 5.46. The van der Waals surface area contributed by atoms with Crippen molar-refractivity contribution in [1.29, 1.82) is 0 Å². The van der Waals surface area contributed by atoms with Crippen LogP contribution in [0.15, 0.2) is 42.9 Å². The van der Waals surface area contributed by atoms with Crippen LogP contribution >= 0.6 is 22.9 Å². The summed E-state index contributed by atoms with van der Waals surface area (Å²) in [4.78, 5) is 21.5. The van der Waals surface area contributed by atoms with Gasteiger partial charge in [0.2, 0.25) is 5.78 Å². The molecule has 1 fully saturated rings. The number of halogens is 2. The molecule has 0 amide bonds. The molecule has 0 spiro atoms. The minimum atomic E-state index is -4.12. The predicted molar refractivity (Wildman–Crippen MR) is 129 cm³/mol. The molecule has 13 heteroatoms. The van der Waals surface area contributed by atoms with Crippen molar-refractivity contribution >= 4 is 44.8 Å². The summed E-state index contributed by atoms with van der Waals surface area (Å²) < 4.78 is 41.3. The number of rotatable bonds is 9. The molecule has 1 saturated carbocycles. The third-order valence-corrected chi connectivity index (χ3v) is 7.33. The van der Waals surface area contributed by atoms with Crippen molar-refractivity contribution in [2.45, 2.75) is 31.4 Å². The summed E-state index contributed by atoms with van der Waals surface area (Å²) in [5, 5.41) is 18.3. The molecule has 1 aromatic carbocycles. The number of nitrogens with two attached hydrogens (primary N) is 1. The maximum atomic E-state index is 14.6. The lowest BCUT2D eigenvalue weighted by atomic mass is 10.1. The summed E-state index contributed by atoms with van der Waals surface area (Å²) in [5.74, 6) is -0.672. The van der Waals surface area contributed by atoms with Gasteiger partial charge in [0.15, 0.2) is 5.13 Å². The van der Waals surface area contributed by atoms with E-state index < -0.39 is 33.2 Å². The van der Waals surface area contributed by atoms with Gasteiger partial charge in [-0.25, -0.2) is 15.1 Å². The molecular formula is C22H22ClFN4O5S2. The van der Waals surface area contributed by atoms with Crippen LogP contribution < -0.4 is 10.5 Å². The molecule has 0 aliphatic heterocycles. The van der Waals surface area contributed by atoms with Crippen molar-refractivity contribution in [3.8, 4) is 0 Å². The zero-order valence-corrected chi connectivity index (χ0v) is 20.6. The smallest absolute Gasteiger partial charge is 0.333 e. The van der Waals surface area contributed by atoms with Gasteiger partial charge in [-0.1, -0.05) is 23.7 Å². The Balaban J connectivity index is 1.48. The summed E-state index contributed by atoms with van der Waals surface area (Å²) in [6.45, 7) is -0.252. The third kappa shape index (κ3) is 6.60. The van der Waals surface area contributed by atoms with E-state index in [2.05, 4.69) is 19.5 Å². The number of aliphatic hydroxyl groups is 1. The Morgan fingerprint density at radius 2 is 2.14 bits per heavy atom. The highest BCUT2D eigenvalue weighted by Crippen LogP contribution is 2.31. The lowest BCUT2D eigenvalue weighted by molar-refractivity contribution is 0.101. The highest BCUT2D eigenvalue weighted by molar-refractivity contribution is 7.84. The quantitative estimate of drug-likeness (QED) is 0.351. The topological polar surface area (TPSA) is 144 Å². The monoisotopic (exact) mass is 540 g/mol. The summed E-state index contributed by atoms with van der Waals surface area (Å²) in [7, 11) is -4.12. The molecule has 35 heavy (non-hydrogen) atoms. The van der Waals surface area contributed by atoms with Crippen molar-refractivity contribution < 1.29 is 26.9 Å². The van der Waals surface area contributed by atoms with Gasteiger partial charge in [-0.15, -0.1) is 11.3 Å². The van der Waals surface area contributed by atoms with Crippen molar-refractivity contribution in [3.63, 3.8) is 0 Å². The number of nitrogens with one attached hydrogen (secondary N) is 1. The number of ketones is 1. The fraction of sp³-hybridized carbons (Fsp3) is 0.318. The SMILES string of the molecule is NS(=O)(=O)OC[C@H]1C[C@@H](Nc2ncncc2C(=O)c2cc(Cc3cccc(Cl)c3)c(F)s2)C[C@@H]1O. The Labute approximate surface area is 210 Å². The fourth-order valence-electron chi connectivity index (χ4n) is 4.02. The van der Waals surface area contributed by atoms with Crippen LogP contribution in [-0.4, -0.2) is 48.0 Å². The van der Waals surface area contributed by atoms with E-state index in [0.29, 0.717) is 17.0 Å². The number of nitrogens with zero attached hydrogens (tertiary/aromatic N) is 2. The number of carbonyl (C=O) groups is 1. The minimum absolute atomic E-state index is 0.154. The van der Waals surface area contributed by atoms with Crippen LogP contribution in [0.5, 0.6) is 0 Å². The number of aromatic nitrogens is 2. The van der Waals surface area contributed by atoms with Gasteiger partial charge in [-0.3, -0.25) is 8.98 Å². The van der Waals surface area contributed by atoms with Gasteiger partial charge in [0.05, 0.1) is 23.2 Å². The molecule has 0 radical (unpaired) electrons. The Bertz CT molecular complexity index is 1340. The van der Waals surface area contributed by atoms with Crippen LogP contribution in [0.2, 0.25) is 5.02 Å². The van der Waals surface area contributed by atoms with E-state index in [4.69, 9.17) is 16.7 Å². The molecule has 9 nitrogen and oxygen atoms in total. The zero-order chi connectivity index (χ0) is 25.2. The molecule has 0 bridgehead atoms. The molecular weight excluding hydrogens is 519 g/mol. The van der Waals surface area contributed by atoms with Gasteiger partial charge in [0.1, 0.15) is 12.1 Å². The van der Waals surface area contributed by atoms with Gasteiger partial charge in [0.25, 0.3) is 0 Å². The van der Waals surface area contributed by atoms with E-state index in [-0.39, 0.29) is 41.7 Å². The van der Waals surface area contributed by atoms with Gasteiger partial charge in [-0.05, 0) is 36.6 Å². The lowest BCUT2D eigenvalue weighted by Crippen LogP contribution is -2.24. The van der Waals surface area contributed by atoms with Crippen molar-refractivity contribution in [2.24, 2.45) is 11.1 Å². The van der Waals surface area contributed by atoms with Crippen LogP contribution in [0.1, 0.15) is 39.2 Å². The summed E-state index contributed by atoms with van der Waals surface area (Å²) in [6.07, 6.45) is 2.73. The second kappa shape index (κ2) is 10.6. The molecule has 1 aliphatic carbocycles. The second-order valence-electron chi connectivity index (χ2n) is 8.25. The summed E-state index contributed by atoms with van der Waals surface area (Å²) in [5.41, 5.74) is 1.35. The van der Waals surface area contributed by atoms with Gasteiger partial charge < -0.3 is 10.4 Å². The van der Waals surface area contributed by atoms with E-state index in [0.717, 1.165) is 16.9 Å². The number of thiophene rings is 1. The number of aliphatic hydroxyl groups excluding tert-OH is 1. The van der Waals surface area contributed by atoms with E-state index in [9.17, 15) is 22.7 Å². The summed E-state index contributed by atoms with van der Waals surface area (Å²) in [6, 6.07) is 8.28. The minimum Gasteiger partial charge on any atom is -0.393 e.